The van der Waals surface area contributed by atoms with Crippen LogP contribution in [-0.4, -0.2) is 54.7 Å². The van der Waals surface area contributed by atoms with E-state index in [4.69, 9.17) is 14.2 Å². The standard InChI is InChI=1S/C6H14O3.C2H7N.2C2H6/c1-7-4-6(9-3)5-8-2;1-3-2;2*1-2/h6H,4-5H2,1-3H3;3H,1-2H3;2*1-2H3. The zero-order chi connectivity index (χ0) is 13.8. The van der Waals surface area contributed by atoms with Crippen LogP contribution in [0.4, 0.5) is 0 Å². The molecule has 0 amide bonds. The minimum Gasteiger partial charge on any atom is -0.382 e. The first kappa shape index (κ1) is 24.9. The predicted octanol–water partition coefficient (Wildman–Crippen LogP) is 2.18. The van der Waals surface area contributed by atoms with Crippen LogP contribution in [-0.2, 0) is 14.2 Å². The van der Waals surface area contributed by atoms with Crippen molar-refractivity contribution in [2.45, 2.75) is 33.8 Å². The first-order chi connectivity index (χ1) is 7.76. The summed E-state index contributed by atoms with van der Waals surface area (Å²) in [6.45, 7) is 9.18. The van der Waals surface area contributed by atoms with Gasteiger partial charge in [-0.3, -0.25) is 0 Å². The average molecular weight is 239 g/mol. The van der Waals surface area contributed by atoms with Gasteiger partial charge in [-0.2, -0.15) is 0 Å². The van der Waals surface area contributed by atoms with Gasteiger partial charge in [0.1, 0.15) is 6.10 Å². The van der Waals surface area contributed by atoms with Gasteiger partial charge in [0.15, 0.2) is 0 Å². The van der Waals surface area contributed by atoms with Crippen molar-refractivity contribution in [1.82, 2.24) is 5.32 Å². The monoisotopic (exact) mass is 239 g/mol. The van der Waals surface area contributed by atoms with Gasteiger partial charge in [0.2, 0.25) is 0 Å². The van der Waals surface area contributed by atoms with Gasteiger partial charge >= 0.3 is 0 Å². The first-order valence-corrected chi connectivity index (χ1v) is 5.85. The van der Waals surface area contributed by atoms with E-state index >= 15 is 0 Å². The fourth-order valence-electron chi connectivity index (χ4n) is 0.556. The summed E-state index contributed by atoms with van der Waals surface area (Å²) < 4.78 is 14.7. The predicted molar refractivity (Wildman–Crippen MR) is 72.2 cm³/mol. The molecule has 1 N–H and O–H groups in total. The Morgan fingerprint density at radius 3 is 1.19 bits per heavy atom. The summed E-state index contributed by atoms with van der Waals surface area (Å²) >= 11 is 0. The third-order valence-electron chi connectivity index (χ3n) is 1.04. The van der Waals surface area contributed by atoms with Crippen molar-refractivity contribution in [2.75, 3.05) is 48.6 Å². The van der Waals surface area contributed by atoms with Crippen LogP contribution in [0, 0.1) is 0 Å². The third-order valence-corrected chi connectivity index (χ3v) is 1.04. The minimum atomic E-state index is 0.0694. The lowest BCUT2D eigenvalue weighted by Crippen LogP contribution is -2.22. The number of hydrogen-bond acceptors (Lipinski definition) is 4. The van der Waals surface area contributed by atoms with Crippen LogP contribution in [0.15, 0.2) is 0 Å². The van der Waals surface area contributed by atoms with Gasteiger partial charge in [0.25, 0.3) is 0 Å². The van der Waals surface area contributed by atoms with Crippen LogP contribution in [0.25, 0.3) is 0 Å². The van der Waals surface area contributed by atoms with Gasteiger partial charge in [-0.1, -0.05) is 27.7 Å². The molecule has 0 atom stereocenters. The molecule has 0 saturated carbocycles. The highest BCUT2D eigenvalue weighted by Crippen LogP contribution is 1.89. The van der Waals surface area contributed by atoms with Crippen molar-refractivity contribution in [3.63, 3.8) is 0 Å². The van der Waals surface area contributed by atoms with E-state index in [0.717, 1.165) is 0 Å². The van der Waals surface area contributed by atoms with E-state index in [9.17, 15) is 0 Å². The molecule has 4 nitrogen and oxygen atoms in total. The first-order valence-electron chi connectivity index (χ1n) is 5.85. The molecule has 0 aliphatic rings. The average Bonchev–Trinajstić information content (AvgIpc) is 2.35. The van der Waals surface area contributed by atoms with Gasteiger partial charge in [0, 0.05) is 21.3 Å². The molecule has 0 fully saturated rings. The maximum Gasteiger partial charge on any atom is 0.104 e. The number of hydrogen-bond donors (Lipinski definition) is 1. The third kappa shape index (κ3) is 37.1. The van der Waals surface area contributed by atoms with Gasteiger partial charge in [-0.05, 0) is 14.1 Å². The molecule has 0 aromatic rings. The van der Waals surface area contributed by atoms with Crippen LogP contribution in [0.5, 0.6) is 0 Å². The van der Waals surface area contributed by atoms with E-state index in [-0.39, 0.29) is 6.10 Å². The van der Waals surface area contributed by atoms with E-state index in [2.05, 4.69) is 5.32 Å². The molecular formula is C12H33NO3. The lowest BCUT2D eigenvalue weighted by Gasteiger charge is -2.11. The Morgan fingerprint density at radius 1 is 0.812 bits per heavy atom. The molecule has 16 heavy (non-hydrogen) atoms. The maximum absolute atomic E-state index is 4.98. The molecule has 0 heterocycles. The van der Waals surface area contributed by atoms with Gasteiger partial charge < -0.3 is 19.5 Å². The molecule has 0 spiro atoms. The second-order valence-corrected chi connectivity index (χ2v) is 2.27. The second-order valence-electron chi connectivity index (χ2n) is 2.27. The van der Waals surface area contributed by atoms with E-state index < -0.39 is 0 Å². The summed E-state index contributed by atoms with van der Waals surface area (Å²) in [4.78, 5) is 0. The van der Waals surface area contributed by atoms with Crippen LogP contribution >= 0.6 is 0 Å². The van der Waals surface area contributed by atoms with Crippen molar-refractivity contribution in [1.29, 1.82) is 0 Å². The van der Waals surface area contributed by atoms with Gasteiger partial charge in [-0.25, -0.2) is 0 Å². The molecule has 0 aliphatic heterocycles. The SMILES string of the molecule is CC.CC.CNC.COCC(COC)OC. The fraction of sp³-hybridized carbons (Fsp3) is 1.00. The molecule has 0 saturated heterocycles. The van der Waals surface area contributed by atoms with Crippen molar-refractivity contribution < 1.29 is 14.2 Å². The summed E-state index contributed by atoms with van der Waals surface area (Å²) in [7, 11) is 8.67. The normalized spacial score (nSPS) is 7.88. The number of methoxy groups -OCH3 is 3. The fourth-order valence-corrected chi connectivity index (χ4v) is 0.556. The summed E-state index contributed by atoms with van der Waals surface area (Å²) in [5.74, 6) is 0. The van der Waals surface area contributed by atoms with Gasteiger partial charge in [-0.15, -0.1) is 0 Å². The summed E-state index contributed by atoms with van der Waals surface area (Å²) in [6, 6.07) is 0. The Morgan fingerprint density at radius 2 is 1.06 bits per heavy atom. The molecule has 0 unspecified atom stereocenters. The molecule has 4 heteroatoms. The molecule has 0 radical (unpaired) electrons. The number of nitrogens with one attached hydrogen (secondary N) is 1. The van der Waals surface area contributed by atoms with Crippen LogP contribution in [0.1, 0.15) is 27.7 Å². The van der Waals surface area contributed by atoms with Gasteiger partial charge in [0.05, 0.1) is 13.2 Å². The topological polar surface area (TPSA) is 39.7 Å². The highest BCUT2D eigenvalue weighted by molar-refractivity contribution is 4.51. The molecule has 0 bridgehead atoms. The smallest absolute Gasteiger partial charge is 0.104 e. The van der Waals surface area contributed by atoms with Crippen molar-refractivity contribution >= 4 is 0 Å². The Hall–Kier alpha value is -0.160. The van der Waals surface area contributed by atoms with E-state index in [0.29, 0.717) is 13.2 Å². The Balaban J connectivity index is -0.0000000864. The van der Waals surface area contributed by atoms with Crippen molar-refractivity contribution in [2.24, 2.45) is 0 Å². The second kappa shape index (κ2) is 36.4. The molecule has 0 aromatic heterocycles. The zero-order valence-electron chi connectivity index (χ0n) is 12.7. The lowest BCUT2D eigenvalue weighted by molar-refractivity contribution is -0.0178. The highest BCUT2D eigenvalue weighted by atomic mass is 16.5. The Labute approximate surface area is 103 Å². The maximum atomic E-state index is 4.98. The summed E-state index contributed by atoms with van der Waals surface area (Å²) in [5.41, 5.74) is 0. The molecule has 0 aliphatic carbocycles. The Kier molecular flexibility index (Phi) is 56.6. The van der Waals surface area contributed by atoms with Crippen molar-refractivity contribution in [3.05, 3.63) is 0 Å². The van der Waals surface area contributed by atoms with E-state index in [1.54, 1.807) is 21.3 Å². The molecule has 0 aromatic carbocycles. The summed E-state index contributed by atoms with van der Waals surface area (Å²) in [6.07, 6.45) is 0.0694. The quantitative estimate of drug-likeness (QED) is 0.798. The van der Waals surface area contributed by atoms with Crippen molar-refractivity contribution in [3.8, 4) is 0 Å². The van der Waals surface area contributed by atoms with E-state index in [1.165, 1.54) is 0 Å². The van der Waals surface area contributed by atoms with E-state index in [1.807, 2.05) is 41.8 Å². The lowest BCUT2D eigenvalue weighted by atomic mass is 10.4. The highest BCUT2D eigenvalue weighted by Gasteiger charge is 2.03. The van der Waals surface area contributed by atoms with Crippen LogP contribution in [0.2, 0.25) is 0 Å². The minimum absolute atomic E-state index is 0.0694. The summed E-state index contributed by atoms with van der Waals surface area (Å²) in [5, 5.41) is 2.75. The Bertz CT molecular complexity index is 67.3. The molecular weight excluding hydrogens is 206 g/mol. The number of ether oxygens (including phenoxy) is 3. The molecule has 0 rings (SSSR count). The van der Waals surface area contributed by atoms with Crippen LogP contribution in [0.3, 0.4) is 0 Å². The zero-order valence-corrected chi connectivity index (χ0v) is 12.7. The number of rotatable bonds is 5. The largest absolute Gasteiger partial charge is 0.382 e. The molecule has 104 valence electrons. The van der Waals surface area contributed by atoms with Crippen LogP contribution < -0.4 is 5.32 Å².